The fourth-order valence-electron chi connectivity index (χ4n) is 3.10. The van der Waals surface area contributed by atoms with Gasteiger partial charge in [0.15, 0.2) is 29.8 Å². The molecule has 0 heterocycles. The van der Waals surface area contributed by atoms with E-state index in [1.54, 1.807) is 6.07 Å². The Labute approximate surface area is 164 Å². The molecule has 0 unspecified atom stereocenters. The van der Waals surface area contributed by atoms with Crippen molar-refractivity contribution in [3.8, 4) is 34.5 Å². The predicted molar refractivity (Wildman–Crippen MR) is 104 cm³/mol. The molecule has 0 atom stereocenters. The zero-order chi connectivity index (χ0) is 20.7. The molecule has 2 aromatic rings. The average molecular weight is 394 g/mol. The third kappa shape index (κ3) is 3.73. The lowest BCUT2D eigenvalue weighted by Crippen LogP contribution is -2.09. The highest BCUT2D eigenvalue weighted by Gasteiger charge is 2.29. The molecule has 0 aliphatic carbocycles. The Kier molecular flexibility index (Phi) is 7.57. The Morgan fingerprint density at radius 2 is 1.43 bits per heavy atom. The molecule has 0 amide bonds. The minimum absolute atomic E-state index is 0.0171. The molecule has 8 heteroatoms. The van der Waals surface area contributed by atoms with Crippen molar-refractivity contribution in [1.29, 1.82) is 0 Å². The maximum Gasteiger partial charge on any atom is 0.189 e. The van der Waals surface area contributed by atoms with Crippen molar-refractivity contribution >= 4 is 17.1 Å². The number of fused-ring (bicyclic) bond motifs is 1. The first kappa shape index (κ1) is 21.4. The second kappa shape index (κ2) is 9.89. The minimum Gasteiger partial charge on any atom is -0.496 e. The summed E-state index contributed by atoms with van der Waals surface area (Å²) in [5.41, 5.74) is 0.520. The Morgan fingerprint density at radius 3 is 1.93 bits per heavy atom. The van der Waals surface area contributed by atoms with Crippen molar-refractivity contribution < 1.29 is 38.0 Å². The van der Waals surface area contributed by atoms with E-state index in [0.717, 1.165) is 6.29 Å². The highest BCUT2D eigenvalue weighted by atomic mass is 16.7. The summed E-state index contributed by atoms with van der Waals surface area (Å²) in [5, 5.41) is 1.12. The second-order valence-electron chi connectivity index (χ2n) is 5.56. The van der Waals surface area contributed by atoms with Gasteiger partial charge >= 0.3 is 0 Å². The van der Waals surface area contributed by atoms with Crippen LogP contribution in [0.25, 0.3) is 10.8 Å². The van der Waals surface area contributed by atoms with Crippen LogP contribution in [0.1, 0.15) is 12.5 Å². The van der Waals surface area contributed by atoms with Gasteiger partial charge in [-0.15, -0.1) is 0 Å². The quantitative estimate of drug-likeness (QED) is 0.327. The summed E-state index contributed by atoms with van der Waals surface area (Å²) in [5.74, 6) is 2.47. The van der Waals surface area contributed by atoms with Gasteiger partial charge in [-0.3, -0.25) is 0 Å². The van der Waals surface area contributed by atoms with Crippen LogP contribution in [0.5, 0.6) is 34.5 Å². The molecule has 0 saturated carbocycles. The van der Waals surface area contributed by atoms with E-state index in [2.05, 4.69) is 0 Å². The maximum absolute atomic E-state index is 11.4. The highest BCUT2D eigenvalue weighted by Crippen LogP contribution is 2.55. The SMILES string of the molecule is CCOCOc1c(CC=O)c(OC)c2c(OC)cc(OC)c(OC)c2c1OC. The van der Waals surface area contributed by atoms with E-state index in [1.807, 2.05) is 6.92 Å². The second-order valence-corrected chi connectivity index (χ2v) is 5.56. The highest BCUT2D eigenvalue weighted by molar-refractivity contribution is 6.06. The van der Waals surface area contributed by atoms with E-state index in [0.29, 0.717) is 57.4 Å². The molecule has 0 fully saturated rings. The van der Waals surface area contributed by atoms with Gasteiger partial charge in [0, 0.05) is 24.7 Å². The number of aldehydes is 1. The van der Waals surface area contributed by atoms with Gasteiger partial charge in [0.05, 0.1) is 46.3 Å². The maximum atomic E-state index is 11.4. The van der Waals surface area contributed by atoms with Crippen molar-refractivity contribution in [2.75, 3.05) is 48.9 Å². The Morgan fingerprint density at radius 1 is 0.786 bits per heavy atom. The van der Waals surface area contributed by atoms with Crippen LogP contribution in [-0.4, -0.2) is 55.2 Å². The summed E-state index contributed by atoms with van der Waals surface area (Å²) in [7, 11) is 7.60. The lowest BCUT2D eigenvalue weighted by molar-refractivity contribution is -0.107. The van der Waals surface area contributed by atoms with Crippen LogP contribution in [0.2, 0.25) is 0 Å². The number of hydrogen-bond donors (Lipinski definition) is 0. The van der Waals surface area contributed by atoms with Gasteiger partial charge in [0.1, 0.15) is 17.8 Å². The van der Waals surface area contributed by atoms with E-state index >= 15 is 0 Å². The first-order chi connectivity index (χ1) is 13.6. The number of carbonyl (C=O) groups excluding carboxylic acids is 1. The molecule has 0 spiro atoms. The summed E-state index contributed by atoms with van der Waals surface area (Å²) < 4.78 is 39.1. The van der Waals surface area contributed by atoms with Gasteiger partial charge in [-0.2, -0.15) is 0 Å². The van der Waals surface area contributed by atoms with E-state index in [4.69, 9.17) is 33.2 Å². The Bertz CT molecular complexity index is 831. The van der Waals surface area contributed by atoms with Gasteiger partial charge in [0.25, 0.3) is 0 Å². The standard InChI is InChI=1S/C20H26O8/c1-7-27-11-28-18-12(8-9-21)17(24-4)15-13(22-2)10-14(23-3)19(25-5)16(15)20(18)26-6/h9-10H,7-8,11H2,1-6H3. The first-order valence-corrected chi connectivity index (χ1v) is 8.66. The summed E-state index contributed by atoms with van der Waals surface area (Å²) >= 11 is 0. The normalized spacial score (nSPS) is 10.5. The largest absolute Gasteiger partial charge is 0.496 e. The lowest BCUT2D eigenvalue weighted by Gasteiger charge is -2.23. The zero-order valence-electron chi connectivity index (χ0n) is 17.0. The van der Waals surface area contributed by atoms with Crippen molar-refractivity contribution in [2.24, 2.45) is 0 Å². The van der Waals surface area contributed by atoms with Crippen LogP contribution in [0.15, 0.2) is 6.07 Å². The predicted octanol–water partition coefficient (Wildman–Crippen LogP) is 3.00. The molecule has 0 radical (unpaired) electrons. The van der Waals surface area contributed by atoms with E-state index in [-0.39, 0.29) is 13.2 Å². The van der Waals surface area contributed by atoms with E-state index in [9.17, 15) is 4.79 Å². The molecule has 0 aliphatic rings. The summed E-state index contributed by atoms with van der Waals surface area (Å²) in [6.45, 7) is 2.31. The van der Waals surface area contributed by atoms with E-state index < -0.39 is 0 Å². The van der Waals surface area contributed by atoms with Crippen LogP contribution >= 0.6 is 0 Å². The minimum atomic E-state index is -0.0171. The third-order valence-electron chi connectivity index (χ3n) is 4.25. The monoisotopic (exact) mass is 394 g/mol. The molecular formula is C20H26O8. The fourth-order valence-corrected chi connectivity index (χ4v) is 3.10. The Hall–Kier alpha value is -2.87. The summed E-state index contributed by atoms with van der Waals surface area (Å²) in [6, 6.07) is 1.69. The average Bonchev–Trinajstić information content (AvgIpc) is 2.72. The smallest absolute Gasteiger partial charge is 0.189 e. The van der Waals surface area contributed by atoms with Crippen molar-refractivity contribution in [3.63, 3.8) is 0 Å². The number of hydrogen-bond acceptors (Lipinski definition) is 8. The first-order valence-electron chi connectivity index (χ1n) is 8.66. The van der Waals surface area contributed by atoms with E-state index in [1.165, 1.54) is 35.5 Å². The van der Waals surface area contributed by atoms with Gasteiger partial charge in [-0.1, -0.05) is 0 Å². The molecule has 2 aromatic carbocycles. The van der Waals surface area contributed by atoms with Crippen LogP contribution in [-0.2, 0) is 16.0 Å². The molecule has 0 aliphatic heterocycles. The third-order valence-corrected chi connectivity index (χ3v) is 4.25. The molecule has 0 bridgehead atoms. The molecular weight excluding hydrogens is 368 g/mol. The molecule has 0 saturated heterocycles. The molecule has 2 rings (SSSR count). The van der Waals surface area contributed by atoms with Crippen LogP contribution in [0.3, 0.4) is 0 Å². The molecule has 0 aromatic heterocycles. The number of benzene rings is 2. The van der Waals surface area contributed by atoms with Gasteiger partial charge < -0.3 is 38.0 Å². The summed E-state index contributed by atoms with van der Waals surface area (Å²) in [6.07, 6.45) is 0.818. The number of methoxy groups -OCH3 is 5. The molecule has 154 valence electrons. The van der Waals surface area contributed by atoms with Crippen molar-refractivity contribution in [1.82, 2.24) is 0 Å². The van der Waals surface area contributed by atoms with Gasteiger partial charge in [-0.25, -0.2) is 0 Å². The molecule has 28 heavy (non-hydrogen) atoms. The summed E-state index contributed by atoms with van der Waals surface area (Å²) in [4.78, 5) is 11.4. The van der Waals surface area contributed by atoms with Crippen LogP contribution in [0, 0.1) is 0 Å². The zero-order valence-corrected chi connectivity index (χ0v) is 17.0. The van der Waals surface area contributed by atoms with Crippen LogP contribution in [0.4, 0.5) is 0 Å². The lowest BCUT2D eigenvalue weighted by atomic mass is 9.98. The van der Waals surface area contributed by atoms with Gasteiger partial charge in [0.2, 0.25) is 0 Å². The van der Waals surface area contributed by atoms with Crippen molar-refractivity contribution in [3.05, 3.63) is 11.6 Å². The molecule has 0 N–H and O–H groups in total. The Balaban J connectivity index is 3.04. The number of carbonyl (C=O) groups is 1. The number of rotatable bonds is 11. The molecule has 8 nitrogen and oxygen atoms in total. The van der Waals surface area contributed by atoms with Crippen molar-refractivity contribution in [2.45, 2.75) is 13.3 Å². The topological polar surface area (TPSA) is 81.7 Å². The van der Waals surface area contributed by atoms with Gasteiger partial charge in [-0.05, 0) is 6.92 Å². The van der Waals surface area contributed by atoms with Crippen LogP contribution < -0.4 is 28.4 Å². The fraction of sp³-hybridized carbons (Fsp3) is 0.450. The number of ether oxygens (including phenoxy) is 7.